The summed E-state index contributed by atoms with van der Waals surface area (Å²) in [7, 11) is 0. The Bertz CT molecular complexity index is 1610. The van der Waals surface area contributed by atoms with Gasteiger partial charge in [0.15, 0.2) is 0 Å². The van der Waals surface area contributed by atoms with Gasteiger partial charge in [0.25, 0.3) is 5.91 Å². The molecule has 4 aromatic carbocycles. The molecular weight excluding hydrogens is 543 g/mol. The summed E-state index contributed by atoms with van der Waals surface area (Å²) >= 11 is 0. The third-order valence-corrected chi connectivity index (χ3v) is 7.64. The highest BCUT2D eigenvalue weighted by Crippen LogP contribution is 2.38. The van der Waals surface area contributed by atoms with Crippen LogP contribution in [0.15, 0.2) is 120 Å². The van der Waals surface area contributed by atoms with Crippen molar-refractivity contribution in [1.82, 2.24) is 10.2 Å². The minimum atomic E-state index is -0.622. The fourth-order valence-corrected chi connectivity index (χ4v) is 5.54. The van der Waals surface area contributed by atoms with E-state index in [1.165, 1.54) is 17.0 Å². The monoisotopic (exact) mass is 576 g/mol. The summed E-state index contributed by atoms with van der Waals surface area (Å²) in [5.41, 5.74) is 4.41. The maximum Gasteiger partial charge on any atom is 0.336 e. The lowest BCUT2D eigenvalue weighted by molar-refractivity contribution is -0.140. The number of carbonyl (C=O) groups is 3. The second-order valence-electron chi connectivity index (χ2n) is 10.4. The molecule has 6 nitrogen and oxygen atoms in total. The number of benzene rings is 4. The highest BCUT2D eigenvalue weighted by Gasteiger charge is 2.37. The van der Waals surface area contributed by atoms with E-state index in [9.17, 15) is 18.8 Å². The normalized spacial score (nSPS) is 15.0. The van der Waals surface area contributed by atoms with Gasteiger partial charge in [0, 0.05) is 23.6 Å². The van der Waals surface area contributed by atoms with Crippen molar-refractivity contribution in [3.05, 3.63) is 154 Å². The highest BCUT2D eigenvalue weighted by molar-refractivity contribution is 5.96. The number of rotatable bonds is 9. The van der Waals surface area contributed by atoms with Crippen LogP contribution in [-0.4, -0.2) is 29.3 Å². The van der Waals surface area contributed by atoms with E-state index < -0.39 is 17.7 Å². The molecular formula is C36H33FN2O4. The predicted octanol–water partition coefficient (Wildman–Crippen LogP) is 6.70. The molecule has 1 N–H and O–H groups in total. The predicted molar refractivity (Wildman–Crippen MR) is 162 cm³/mol. The average Bonchev–Trinajstić information content (AvgIpc) is 3.02. The number of ether oxygens (including phenoxy) is 1. The average molecular weight is 577 g/mol. The molecule has 0 aliphatic carbocycles. The fourth-order valence-electron chi connectivity index (χ4n) is 5.54. The van der Waals surface area contributed by atoms with Crippen molar-refractivity contribution in [2.24, 2.45) is 0 Å². The lowest BCUT2D eigenvalue weighted by Crippen LogP contribution is -2.38. The van der Waals surface area contributed by atoms with E-state index in [1.54, 1.807) is 44.2 Å². The Morgan fingerprint density at radius 2 is 1.56 bits per heavy atom. The zero-order chi connectivity index (χ0) is 30.3. The van der Waals surface area contributed by atoms with Gasteiger partial charge in [-0.2, -0.15) is 0 Å². The van der Waals surface area contributed by atoms with Crippen molar-refractivity contribution in [3.63, 3.8) is 0 Å². The zero-order valence-corrected chi connectivity index (χ0v) is 24.1. The first-order chi connectivity index (χ1) is 20.9. The molecule has 7 heteroatoms. The summed E-state index contributed by atoms with van der Waals surface area (Å²) in [5, 5.41) is 3.16. The minimum Gasteiger partial charge on any atom is -0.463 e. The number of esters is 1. The molecule has 0 saturated carbocycles. The van der Waals surface area contributed by atoms with Gasteiger partial charge in [-0.3, -0.25) is 9.59 Å². The fraction of sp³-hybridized carbons (Fsp3) is 0.194. The Kier molecular flexibility index (Phi) is 9.11. The second-order valence-corrected chi connectivity index (χ2v) is 10.4. The summed E-state index contributed by atoms with van der Waals surface area (Å²) in [4.78, 5) is 41.6. The molecule has 1 atom stereocenters. The lowest BCUT2D eigenvalue weighted by Gasteiger charge is -2.34. The summed E-state index contributed by atoms with van der Waals surface area (Å²) in [5.74, 6) is -2.06. The molecule has 0 aromatic heterocycles. The van der Waals surface area contributed by atoms with Crippen LogP contribution in [0.1, 0.15) is 64.8 Å². The van der Waals surface area contributed by atoms with E-state index >= 15 is 0 Å². The van der Waals surface area contributed by atoms with E-state index in [-0.39, 0.29) is 37.4 Å². The van der Waals surface area contributed by atoms with Gasteiger partial charge in [0.1, 0.15) is 5.82 Å². The standard InChI is InChI=1S/C36H33FN2O4/c1-3-43-36(42)33-24(2)39(32(40)22-31(33)28-17-11-19-30(37)21-28)23-25-12-10-18-29(20-25)35(41)38-34(26-13-6-4-7-14-26)27-15-8-5-9-16-27/h4-21,31,34H,3,22-23H2,1-2H3,(H,38,41). The van der Waals surface area contributed by atoms with Gasteiger partial charge in [-0.05, 0) is 60.4 Å². The van der Waals surface area contributed by atoms with E-state index in [1.807, 2.05) is 66.7 Å². The van der Waals surface area contributed by atoms with Crippen LogP contribution in [0, 0.1) is 5.82 Å². The SMILES string of the molecule is CCOC(=O)C1=C(C)N(Cc2cccc(C(=O)NC(c3ccccc3)c3ccccc3)c2)C(=O)CC1c1cccc(F)c1. The number of amides is 2. The molecule has 0 spiro atoms. The smallest absolute Gasteiger partial charge is 0.336 e. The van der Waals surface area contributed by atoms with Crippen LogP contribution < -0.4 is 5.32 Å². The minimum absolute atomic E-state index is 0.00898. The summed E-state index contributed by atoms with van der Waals surface area (Å²) in [6.45, 7) is 3.75. The van der Waals surface area contributed by atoms with Gasteiger partial charge in [-0.1, -0.05) is 84.9 Å². The zero-order valence-electron chi connectivity index (χ0n) is 24.1. The molecule has 0 bridgehead atoms. The van der Waals surface area contributed by atoms with Crippen LogP contribution >= 0.6 is 0 Å². The Labute approximate surface area is 250 Å². The second kappa shape index (κ2) is 13.3. The maximum absolute atomic E-state index is 14.1. The number of nitrogens with zero attached hydrogens (tertiary/aromatic N) is 1. The first-order valence-electron chi connectivity index (χ1n) is 14.3. The van der Waals surface area contributed by atoms with Crippen molar-refractivity contribution in [2.45, 2.75) is 38.8 Å². The number of carbonyl (C=O) groups excluding carboxylic acids is 3. The van der Waals surface area contributed by atoms with Crippen LogP contribution in [-0.2, 0) is 20.9 Å². The van der Waals surface area contributed by atoms with Crippen molar-refractivity contribution in [3.8, 4) is 0 Å². The number of nitrogens with one attached hydrogen (secondary N) is 1. The number of hydrogen-bond donors (Lipinski definition) is 1. The Hall–Kier alpha value is -5.04. The van der Waals surface area contributed by atoms with Crippen LogP contribution in [0.2, 0.25) is 0 Å². The first kappa shape index (κ1) is 29.5. The summed E-state index contributed by atoms with van der Waals surface area (Å²) < 4.78 is 19.4. The maximum atomic E-state index is 14.1. The quantitative estimate of drug-likeness (QED) is 0.225. The van der Waals surface area contributed by atoms with Crippen LogP contribution in [0.25, 0.3) is 0 Å². The highest BCUT2D eigenvalue weighted by atomic mass is 19.1. The van der Waals surface area contributed by atoms with E-state index in [0.717, 1.165) is 16.7 Å². The Balaban J connectivity index is 1.42. The van der Waals surface area contributed by atoms with Crippen molar-refractivity contribution in [1.29, 1.82) is 0 Å². The molecule has 1 unspecified atom stereocenters. The van der Waals surface area contributed by atoms with Gasteiger partial charge in [-0.25, -0.2) is 9.18 Å². The van der Waals surface area contributed by atoms with Crippen molar-refractivity contribution >= 4 is 17.8 Å². The summed E-state index contributed by atoms with van der Waals surface area (Å²) in [6.07, 6.45) is -0.00898. The molecule has 0 saturated heterocycles. The van der Waals surface area contributed by atoms with Crippen molar-refractivity contribution < 1.29 is 23.5 Å². The molecule has 4 aromatic rings. The first-order valence-corrected chi connectivity index (χ1v) is 14.3. The molecule has 2 amide bonds. The van der Waals surface area contributed by atoms with Gasteiger partial charge in [0.2, 0.25) is 5.91 Å². The van der Waals surface area contributed by atoms with Crippen LogP contribution in [0.3, 0.4) is 0 Å². The Morgan fingerprint density at radius 1 is 0.907 bits per heavy atom. The van der Waals surface area contributed by atoms with Crippen LogP contribution in [0.5, 0.6) is 0 Å². The molecule has 0 radical (unpaired) electrons. The molecule has 218 valence electrons. The third kappa shape index (κ3) is 6.72. The molecule has 0 fully saturated rings. The molecule has 1 aliphatic heterocycles. The lowest BCUT2D eigenvalue weighted by atomic mass is 9.83. The van der Waals surface area contributed by atoms with Crippen LogP contribution in [0.4, 0.5) is 4.39 Å². The molecule has 1 aliphatic rings. The van der Waals surface area contributed by atoms with Gasteiger partial charge >= 0.3 is 5.97 Å². The van der Waals surface area contributed by atoms with E-state index in [4.69, 9.17) is 4.74 Å². The van der Waals surface area contributed by atoms with E-state index in [0.29, 0.717) is 22.4 Å². The third-order valence-electron chi connectivity index (χ3n) is 7.64. The van der Waals surface area contributed by atoms with Crippen molar-refractivity contribution in [2.75, 3.05) is 6.61 Å². The number of halogens is 1. The molecule has 5 rings (SSSR count). The molecule has 1 heterocycles. The van der Waals surface area contributed by atoms with Gasteiger partial charge < -0.3 is 15.0 Å². The number of hydrogen-bond acceptors (Lipinski definition) is 4. The van der Waals surface area contributed by atoms with E-state index in [2.05, 4.69) is 5.32 Å². The number of allylic oxidation sites excluding steroid dienone is 1. The topological polar surface area (TPSA) is 75.7 Å². The van der Waals surface area contributed by atoms with Gasteiger partial charge in [0.05, 0.1) is 24.8 Å². The Morgan fingerprint density at radius 3 is 2.19 bits per heavy atom. The largest absolute Gasteiger partial charge is 0.463 e. The van der Waals surface area contributed by atoms with Gasteiger partial charge in [-0.15, -0.1) is 0 Å². The summed E-state index contributed by atoms with van der Waals surface area (Å²) in [6, 6.07) is 32.2. The molecule has 43 heavy (non-hydrogen) atoms.